The van der Waals surface area contributed by atoms with E-state index < -0.39 is 0 Å². The molecular formula is C8H11N3. The highest BCUT2D eigenvalue weighted by molar-refractivity contribution is 5.61. The second-order valence-electron chi connectivity index (χ2n) is 2.59. The molecule has 0 fully saturated rings. The van der Waals surface area contributed by atoms with Crippen LogP contribution in [-0.2, 0) is 0 Å². The number of nitrogens with zero attached hydrogens (tertiary/aromatic N) is 2. The van der Waals surface area contributed by atoms with E-state index in [2.05, 4.69) is 9.97 Å². The molecule has 0 spiro atoms. The summed E-state index contributed by atoms with van der Waals surface area (Å²) in [6.45, 7) is 4.01. The minimum absolute atomic E-state index is 0.529. The van der Waals surface area contributed by atoms with Crippen molar-refractivity contribution >= 4 is 11.9 Å². The van der Waals surface area contributed by atoms with E-state index in [0.29, 0.717) is 5.82 Å². The Labute approximate surface area is 66.0 Å². The minimum Gasteiger partial charge on any atom is -0.383 e. The van der Waals surface area contributed by atoms with Gasteiger partial charge < -0.3 is 5.73 Å². The molecular weight excluding hydrogens is 138 g/mol. The highest BCUT2D eigenvalue weighted by atomic mass is 14.9. The molecule has 3 nitrogen and oxygen atoms in total. The van der Waals surface area contributed by atoms with Gasteiger partial charge in [0.1, 0.15) is 12.1 Å². The maximum atomic E-state index is 5.57. The zero-order chi connectivity index (χ0) is 8.27. The van der Waals surface area contributed by atoms with Crippen LogP contribution in [0.15, 0.2) is 18.1 Å². The topological polar surface area (TPSA) is 51.8 Å². The summed E-state index contributed by atoms with van der Waals surface area (Å²) in [5.41, 5.74) is 7.64. The Kier molecular flexibility index (Phi) is 2.21. The first-order chi connectivity index (χ1) is 5.20. The molecule has 0 saturated heterocycles. The molecule has 0 aliphatic carbocycles. The molecule has 0 atom stereocenters. The fourth-order valence-electron chi connectivity index (χ4n) is 0.772. The van der Waals surface area contributed by atoms with Gasteiger partial charge in [-0.05, 0) is 13.8 Å². The quantitative estimate of drug-likeness (QED) is 0.658. The monoisotopic (exact) mass is 149 g/mol. The third-order valence-corrected chi connectivity index (χ3v) is 1.22. The zero-order valence-corrected chi connectivity index (χ0v) is 6.70. The summed E-state index contributed by atoms with van der Waals surface area (Å²) in [5, 5.41) is 0. The van der Waals surface area contributed by atoms with E-state index in [4.69, 9.17) is 5.73 Å². The Morgan fingerprint density at radius 2 is 2.27 bits per heavy atom. The highest BCUT2D eigenvalue weighted by Crippen LogP contribution is 2.09. The lowest BCUT2D eigenvalue weighted by atomic mass is 10.2. The van der Waals surface area contributed by atoms with Gasteiger partial charge in [-0.1, -0.05) is 11.6 Å². The van der Waals surface area contributed by atoms with Crippen molar-refractivity contribution in [2.24, 2.45) is 0 Å². The molecule has 1 aromatic heterocycles. The second-order valence-corrected chi connectivity index (χ2v) is 2.59. The number of aromatic nitrogens is 2. The Morgan fingerprint density at radius 1 is 1.55 bits per heavy atom. The summed E-state index contributed by atoms with van der Waals surface area (Å²) in [6.07, 6.45) is 5.10. The van der Waals surface area contributed by atoms with E-state index in [0.717, 1.165) is 5.56 Å². The van der Waals surface area contributed by atoms with Crippen molar-refractivity contribution < 1.29 is 0 Å². The van der Waals surface area contributed by atoms with E-state index in [9.17, 15) is 0 Å². The summed E-state index contributed by atoms with van der Waals surface area (Å²) in [5.74, 6) is 0.529. The van der Waals surface area contributed by atoms with Crippen molar-refractivity contribution in [3.05, 3.63) is 23.7 Å². The first kappa shape index (κ1) is 7.72. The van der Waals surface area contributed by atoms with Gasteiger partial charge in [0, 0.05) is 11.8 Å². The van der Waals surface area contributed by atoms with Gasteiger partial charge in [0.25, 0.3) is 0 Å². The second kappa shape index (κ2) is 3.14. The van der Waals surface area contributed by atoms with Gasteiger partial charge in [-0.25, -0.2) is 9.97 Å². The first-order valence-corrected chi connectivity index (χ1v) is 3.40. The number of anilines is 1. The Morgan fingerprint density at radius 3 is 2.82 bits per heavy atom. The van der Waals surface area contributed by atoms with Crippen molar-refractivity contribution in [2.45, 2.75) is 13.8 Å². The standard InChI is InChI=1S/C8H11N3/c1-6(2)3-7-4-10-5-11-8(7)9/h3-5H,1-2H3,(H2,9,10,11). The van der Waals surface area contributed by atoms with E-state index in [-0.39, 0.29) is 0 Å². The average Bonchev–Trinajstić information content (AvgIpc) is 1.93. The largest absolute Gasteiger partial charge is 0.383 e. The molecule has 2 N–H and O–H groups in total. The summed E-state index contributed by atoms with van der Waals surface area (Å²) in [4.78, 5) is 7.72. The van der Waals surface area contributed by atoms with Crippen molar-refractivity contribution in [1.29, 1.82) is 0 Å². The summed E-state index contributed by atoms with van der Waals surface area (Å²) >= 11 is 0. The van der Waals surface area contributed by atoms with Crippen LogP contribution in [-0.4, -0.2) is 9.97 Å². The van der Waals surface area contributed by atoms with Crippen LogP contribution in [0.5, 0.6) is 0 Å². The highest BCUT2D eigenvalue weighted by Gasteiger charge is 1.93. The lowest BCUT2D eigenvalue weighted by Gasteiger charge is -1.96. The molecule has 0 aliphatic heterocycles. The summed E-state index contributed by atoms with van der Waals surface area (Å²) < 4.78 is 0. The zero-order valence-electron chi connectivity index (χ0n) is 6.70. The Bertz CT molecular complexity index is 274. The third kappa shape index (κ3) is 2.04. The van der Waals surface area contributed by atoms with Gasteiger partial charge in [-0.3, -0.25) is 0 Å². The Hall–Kier alpha value is -1.38. The average molecular weight is 149 g/mol. The van der Waals surface area contributed by atoms with Crippen LogP contribution in [0.2, 0.25) is 0 Å². The molecule has 11 heavy (non-hydrogen) atoms. The SMILES string of the molecule is CC(C)=Cc1cncnc1N. The van der Waals surface area contributed by atoms with E-state index in [1.165, 1.54) is 11.9 Å². The first-order valence-electron chi connectivity index (χ1n) is 3.40. The fourth-order valence-corrected chi connectivity index (χ4v) is 0.772. The smallest absolute Gasteiger partial charge is 0.134 e. The van der Waals surface area contributed by atoms with Gasteiger partial charge in [-0.15, -0.1) is 0 Å². The molecule has 1 heterocycles. The number of nitrogens with two attached hydrogens (primary N) is 1. The van der Waals surface area contributed by atoms with E-state index >= 15 is 0 Å². The van der Waals surface area contributed by atoms with Crippen molar-refractivity contribution in [3.8, 4) is 0 Å². The number of hydrogen-bond acceptors (Lipinski definition) is 3. The minimum atomic E-state index is 0.529. The van der Waals surface area contributed by atoms with Crippen LogP contribution in [0.1, 0.15) is 19.4 Å². The number of rotatable bonds is 1. The molecule has 0 bridgehead atoms. The van der Waals surface area contributed by atoms with Gasteiger partial charge in [0.05, 0.1) is 0 Å². The third-order valence-electron chi connectivity index (χ3n) is 1.22. The number of nitrogen functional groups attached to an aromatic ring is 1. The molecule has 58 valence electrons. The van der Waals surface area contributed by atoms with E-state index in [1.54, 1.807) is 6.20 Å². The molecule has 0 saturated carbocycles. The van der Waals surface area contributed by atoms with Crippen molar-refractivity contribution in [1.82, 2.24) is 9.97 Å². The van der Waals surface area contributed by atoms with Gasteiger partial charge in [0.2, 0.25) is 0 Å². The molecule has 0 aromatic carbocycles. The van der Waals surface area contributed by atoms with Gasteiger partial charge in [0.15, 0.2) is 0 Å². The molecule has 0 unspecified atom stereocenters. The van der Waals surface area contributed by atoms with Gasteiger partial charge >= 0.3 is 0 Å². The van der Waals surface area contributed by atoms with Crippen LogP contribution >= 0.6 is 0 Å². The molecule has 0 radical (unpaired) electrons. The maximum Gasteiger partial charge on any atom is 0.134 e. The van der Waals surface area contributed by atoms with Gasteiger partial charge in [-0.2, -0.15) is 0 Å². The maximum absolute atomic E-state index is 5.57. The predicted molar refractivity (Wildman–Crippen MR) is 45.8 cm³/mol. The van der Waals surface area contributed by atoms with Crippen molar-refractivity contribution in [2.75, 3.05) is 5.73 Å². The summed E-state index contributed by atoms with van der Waals surface area (Å²) in [7, 11) is 0. The molecule has 0 amide bonds. The van der Waals surface area contributed by atoms with Crippen molar-refractivity contribution in [3.63, 3.8) is 0 Å². The number of hydrogen-bond donors (Lipinski definition) is 1. The predicted octanol–water partition coefficient (Wildman–Crippen LogP) is 1.48. The lowest BCUT2D eigenvalue weighted by molar-refractivity contribution is 1.17. The molecule has 1 aromatic rings. The van der Waals surface area contributed by atoms with Crippen LogP contribution in [0.3, 0.4) is 0 Å². The Balaban J connectivity index is 3.04. The molecule has 3 heteroatoms. The fraction of sp³-hybridized carbons (Fsp3) is 0.250. The van der Waals surface area contributed by atoms with Crippen LogP contribution in [0, 0.1) is 0 Å². The molecule has 1 rings (SSSR count). The lowest BCUT2D eigenvalue weighted by Crippen LogP contribution is -1.93. The normalized spacial score (nSPS) is 9.27. The molecule has 0 aliphatic rings. The summed E-state index contributed by atoms with van der Waals surface area (Å²) in [6, 6.07) is 0. The number of allylic oxidation sites excluding steroid dienone is 1. The van der Waals surface area contributed by atoms with Crippen LogP contribution in [0.4, 0.5) is 5.82 Å². The van der Waals surface area contributed by atoms with Crippen LogP contribution < -0.4 is 5.73 Å². The van der Waals surface area contributed by atoms with Crippen LogP contribution in [0.25, 0.3) is 6.08 Å². The van der Waals surface area contributed by atoms with E-state index in [1.807, 2.05) is 19.9 Å².